The van der Waals surface area contributed by atoms with E-state index in [0.29, 0.717) is 18.8 Å². The van der Waals surface area contributed by atoms with Crippen molar-refractivity contribution in [2.24, 2.45) is 28.9 Å². The number of aliphatic hydroxyl groups excluding tert-OH is 2. The predicted octanol–water partition coefficient (Wildman–Crippen LogP) is 4.00. The highest BCUT2D eigenvalue weighted by Crippen LogP contribution is 2.50. The highest BCUT2D eigenvalue weighted by molar-refractivity contribution is 5.68. The number of rotatable bonds is 3. The molecule has 0 unspecified atom stereocenters. The Morgan fingerprint density at radius 3 is 2.40 bits per heavy atom. The van der Waals surface area contributed by atoms with Crippen LogP contribution in [-0.2, 0) is 17.6 Å². The molecule has 0 amide bonds. The summed E-state index contributed by atoms with van der Waals surface area (Å²) in [6, 6.07) is 9.33. The van der Waals surface area contributed by atoms with Crippen LogP contribution < -0.4 is 21.7 Å². The number of carboxylic acids is 1. The van der Waals surface area contributed by atoms with Gasteiger partial charge in [-0.25, -0.2) is 0 Å². The maximum atomic E-state index is 12.2. The van der Waals surface area contributed by atoms with Crippen molar-refractivity contribution in [3.8, 4) is 0 Å². The van der Waals surface area contributed by atoms with Crippen LogP contribution in [0.15, 0.2) is 24.3 Å². The Hall–Kier alpha value is -1.59. The van der Waals surface area contributed by atoms with E-state index in [0.717, 1.165) is 77.0 Å². The quantitative estimate of drug-likeness (QED) is 0.238. The van der Waals surface area contributed by atoms with Crippen LogP contribution in [0.1, 0.15) is 121 Å². The molecule has 2 saturated carbocycles. The standard InChI is InChI=1S/C39H64N4O5/c1-25-33(44)11-10-32(42-25)30-9-8-28-12-15-38(13-3-4-14-38)16-17-39(48,23-35(45)46)24-41-37(2)21-29(43-34(40)22-37)19-26-6-5-7-27(18-26)20-31(28)36(30)47/h5-7,18,25,28-34,36,41-44,47-48H,3-4,8-17,19-24,40H2,1-2H3,(H,45,46)/t25-,28-,29-,30-,31+,32+,33-,34+,36+,37-,39-/m1/s1. The van der Waals surface area contributed by atoms with Gasteiger partial charge in [0.15, 0.2) is 0 Å². The van der Waals surface area contributed by atoms with Crippen LogP contribution in [0.3, 0.4) is 0 Å². The molecule has 1 spiro atoms. The van der Waals surface area contributed by atoms with Crippen LogP contribution >= 0.6 is 0 Å². The Balaban J connectivity index is 1.30. The molecule has 9 nitrogen and oxygen atoms in total. The maximum Gasteiger partial charge on any atom is 0.306 e. The Labute approximate surface area is 288 Å². The fraction of sp³-hybridized carbons (Fsp3) is 0.821. The second-order valence-electron chi connectivity index (χ2n) is 17.4. The number of piperidine rings is 2. The van der Waals surface area contributed by atoms with Crippen molar-refractivity contribution in [2.45, 2.75) is 171 Å². The first-order chi connectivity index (χ1) is 22.8. The third kappa shape index (κ3) is 8.64. The van der Waals surface area contributed by atoms with Crippen LogP contribution in [0.25, 0.3) is 0 Å². The summed E-state index contributed by atoms with van der Waals surface area (Å²) < 4.78 is 0. The molecule has 3 aliphatic heterocycles. The third-order valence-electron chi connectivity index (χ3n) is 13.6. The molecular formula is C39H64N4O5. The zero-order chi connectivity index (χ0) is 34.1. The third-order valence-corrected chi connectivity index (χ3v) is 13.6. The number of carboxylic acid groups (broad SMARTS) is 1. The second-order valence-corrected chi connectivity index (χ2v) is 17.4. The average molecular weight is 669 g/mol. The highest BCUT2D eigenvalue weighted by atomic mass is 16.4. The monoisotopic (exact) mass is 668 g/mol. The second kappa shape index (κ2) is 14.9. The SMILES string of the molecule is C[C@H]1N[C@H]([C@H]2CC[C@@H]3CCC4(CCCC4)CC[C@@](O)(CC(=O)O)CN[C@]4(C)C[C@@H](Cc5cccc(c5)C[C@@H]3[C@H]2O)N[C@H](N)C4)CC[C@H]1O. The first-order valence-corrected chi connectivity index (χ1v) is 19.2. The summed E-state index contributed by atoms with van der Waals surface area (Å²) in [5.74, 6) is -0.234. The fourth-order valence-electron chi connectivity index (χ4n) is 10.8. The lowest BCUT2D eigenvalue weighted by Gasteiger charge is -2.47. The van der Waals surface area contributed by atoms with E-state index in [1.165, 1.54) is 24.0 Å². The number of hydrogen-bond acceptors (Lipinski definition) is 8. The fourth-order valence-corrected chi connectivity index (χ4v) is 10.8. The van der Waals surface area contributed by atoms with Gasteiger partial charge in [-0.1, -0.05) is 37.1 Å². The number of aliphatic hydroxyl groups is 3. The van der Waals surface area contributed by atoms with Crippen molar-refractivity contribution in [1.82, 2.24) is 16.0 Å². The van der Waals surface area contributed by atoms with Crippen LogP contribution in [0.2, 0.25) is 0 Å². The minimum absolute atomic E-state index is 0.0382. The summed E-state index contributed by atoms with van der Waals surface area (Å²) in [6.07, 6.45) is 13.8. The van der Waals surface area contributed by atoms with Crippen LogP contribution in [0, 0.1) is 23.2 Å². The van der Waals surface area contributed by atoms with Crippen LogP contribution in [0.5, 0.6) is 0 Å². The lowest BCUT2D eigenvalue weighted by Crippen LogP contribution is -2.63. The Kier molecular flexibility index (Phi) is 11.3. The maximum absolute atomic E-state index is 12.2. The number of hydrogen-bond donors (Lipinski definition) is 8. The first-order valence-electron chi connectivity index (χ1n) is 19.2. The first kappa shape index (κ1) is 36.2. The molecule has 270 valence electrons. The molecule has 1 aromatic carbocycles. The van der Waals surface area contributed by atoms with E-state index in [-0.39, 0.29) is 66.2 Å². The van der Waals surface area contributed by atoms with E-state index in [4.69, 9.17) is 5.73 Å². The van der Waals surface area contributed by atoms with Gasteiger partial charge in [-0.15, -0.1) is 0 Å². The summed E-state index contributed by atoms with van der Waals surface area (Å²) in [5, 5.41) is 55.3. The van der Waals surface area contributed by atoms with E-state index in [1.54, 1.807) is 0 Å². The molecule has 9 N–H and O–H groups in total. The number of nitrogens with one attached hydrogen (secondary N) is 3. The molecule has 0 radical (unpaired) electrons. The van der Waals surface area contributed by atoms with Gasteiger partial charge in [-0.3, -0.25) is 10.1 Å². The zero-order valence-corrected chi connectivity index (χ0v) is 29.5. The predicted molar refractivity (Wildman–Crippen MR) is 188 cm³/mol. The molecule has 6 rings (SSSR count). The van der Waals surface area contributed by atoms with Gasteiger partial charge in [0, 0.05) is 36.1 Å². The van der Waals surface area contributed by atoms with Crippen LogP contribution in [-0.4, -0.2) is 80.6 Å². The van der Waals surface area contributed by atoms with E-state index in [9.17, 15) is 25.2 Å². The topological polar surface area (TPSA) is 160 Å². The van der Waals surface area contributed by atoms with Gasteiger partial charge in [0.2, 0.25) is 0 Å². The van der Waals surface area contributed by atoms with Crippen molar-refractivity contribution < 1.29 is 25.2 Å². The minimum atomic E-state index is -1.33. The van der Waals surface area contributed by atoms with Gasteiger partial charge >= 0.3 is 5.97 Å². The van der Waals surface area contributed by atoms with Gasteiger partial charge in [0.05, 0.1) is 30.4 Å². The van der Waals surface area contributed by atoms with Crippen molar-refractivity contribution >= 4 is 5.97 Å². The number of β-amino-alcohol motifs (C(OH)–C–C–N with tert-alkyl or cyclic N) is 1. The molecule has 2 saturated heterocycles. The van der Waals surface area contributed by atoms with Crippen molar-refractivity contribution in [1.29, 1.82) is 0 Å². The minimum Gasteiger partial charge on any atom is -0.481 e. The molecule has 2 aliphatic carbocycles. The Bertz CT molecular complexity index is 1240. The van der Waals surface area contributed by atoms with Gasteiger partial charge < -0.3 is 36.8 Å². The van der Waals surface area contributed by atoms with Crippen molar-refractivity contribution in [2.75, 3.05) is 6.54 Å². The molecule has 5 aliphatic rings. The normalized spacial score (nSPS) is 42.8. The number of carbonyl (C=O) groups is 1. The van der Waals surface area contributed by atoms with E-state index < -0.39 is 17.7 Å². The number of aliphatic carboxylic acids is 1. The molecule has 48 heavy (non-hydrogen) atoms. The summed E-state index contributed by atoms with van der Waals surface area (Å²) in [7, 11) is 0. The van der Waals surface area contributed by atoms with E-state index in [2.05, 4.69) is 54.1 Å². The largest absolute Gasteiger partial charge is 0.481 e. The smallest absolute Gasteiger partial charge is 0.306 e. The highest BCUT2D eigenvalue weighted by Gasteiger charge is 2.46. The lowest BCUT2D eigenvalue weighted by atomic mass is 9.63. The number of fused-ring (bicyclic) bond motifs is 5. The van der Waals surface area contributed by atoms with Gasteiger partial charge in [0.1, 0.15) is 0 Å². The summed E-state index contributed by atoms with van der Waals surface area (Å²) in [5.41, 5.74) is 7.55. The zero-order valence-electron chi connectivity index (χ0n) is 29.5. The summed E-state index contributed by atoms with van der Waals surface area (Å²) >= 11 is 0. The summed E-state index contributed by atoms with van der Waals surface area (Å²) in [6.45, 7) is 4.46. The molecule has 1 aromatic rings. The van der Waals surface area contributed by atoms with E-state index >= 15 is 0 Å². The molecule has 4 fully saturated rings. The molecule has 3 heterocycles. The molecule has 11 atom stereocenters. The molecule has 9 heteroatoms. The number of benzene rings is 1. The van der Waals surface area contributed by atoms with Gasteiger partial charge in [0.25, 0.3) is 0 Å². The molecular weight excluding hydrogens is 604 g/mol. The Morgan fingerprint density at radius 1 is 0.917 bits per heavy atom. The van der Waals surface area contributed by atoms with Crippen LogP contribution in [0.4, 0.5) is 0 Å². The molecule has 4 bridgehead atoms. The van der Waals surface area contributed by atoms with Crippen molar-refractivity contribution in [3.63, 3.8) is 0 Å². The lowest BCUT2D eigenvalue weighted by molar-refractivity contribution is -0.143. The van der Waals surface area contributed by atoms with Gasteiger partial charge in [-0.05, 0) is 132 Å². The van der Waals surface area contributed by atoms with Crippen molar-refractivity contribution in [3.05, 3.63) is 35.4 Å². The van der Waals surface area contributed by atoms with Gasteiger partial charge in [-0.2, -0.15) is 0 Å². The number of nitrogens with two attached hydrogens (primary N) is 1. The summed E-state index contributed by atoms with van der Waals surface area (Å²) in [4.78, 5) is 12.1. The average Bonchev–Trinajstić information content (AvgIpc) is 3.49. The Morgan fingerprint density at radius 2 is 1.67 bits per heavy atom. The van der Waals surface area contributed by atoms with E-state index in [1.807, 2.05) is 0 Å². The molecule has 0 aromatic heterocycles.